The van der Waals surface area contributed by atoms with Crippen LogP contribution in [0.2, 0.25) is 0 Å². The van der Waals surface area contributed by atoms with Crippen molar-refractivity contribution in [3.8, 4) is 0 Å². The Bertz CT molecular complexity index is 922. The number of phosphoric ester groups is 1. The van der Waals surface area contributed by atoms with E-state index >= 15 is 0 Å². The summed E-state index contributed by atoms with van der Waals surface area (Å²) < 4.78 is 23.5. The third-order valence-electron chi connectivity index (χ3n) is 9.92. The van der Waals surface area contributed by atoms with Crippen molar-refractivity contribution < 1.29 is 32.9 Å². The lowest BCUT2D eigenvalue weighted by molar-refractivity contribution is -0.870. The van der Waals surface area contributed by atoms with E-state index in [9.17, 15) is 19.4 Å². The van der Waals surface area contributed by atoms with E-state index in [1.807, 2.05) is 27.2 Å². The van der Waals surface area contributed by atoms with E-state index in [0.717, 1.165) is 38.5 Å². The molecule has 0 aliphatic rings. The fourth-order valence-corrected chi connectivity index (χ4v) is 7.09. The number of nitrogens with zero attached hydrogens (tertiary/aromatic N) is 1. The first kappa shape index (κ1) is 52.0. The third-order valence-corrected chi connectivity index (χ3v) is 10.9. The maximum atomic E-state index is 12.8. The lowest BCUT2D eigenvalue weighted by Crippen LogP contribution is -2.45. The fourth-order valence-electron chi connectivity index (χ4n) is 6.35. The van der Waals surface area contributed by atoms with Gasteiger partial charge in [-0.15, -0.1) is 0 Å². The Hall–Kier alpha value is -1.02. The predicted octanol–water partition coefficient (Wildman–Crippen LogP) is 12.1. The van der Waals surface area contributed by atoms with Gasteiger partial charge in [0.05, 0.1) is 39.9 Å². The molecular weight excluding hydrogens is 683 g/mol. The van der Waals surface area contributed by atoms with Gasteiger partial charge in [0.15, 0.2) is 0 Å². The van der Waals surface area contributed by atoms with Gasteiger partial charge in [-0.3, -0.25) is 13.8 Å². The third kappa shape index (κ3) is 39.0. The van der Waals surface area contributed by atoms with Gasteiger partial charge in [-0.05, 0) is 32.1 Å². The smallest absolute Gasteiger partial charge is 0.387 e. The molecule has 53 heavy (non-hydrogen) atoms. The number of allylic oxidation sites excluding steroid dienone is 3. The van der Waals surface area contributed by atoms with Crippen LogP contribution in [0.3, 0.4) is 0 Å². The first-order valence-electron chi connectivity index (χ1n) is 22.2. The van der Waals surface area contributed by atoms with Crippen molar-refractivity contribution in [1.82, 2.24) is 5.32 Å². The molecule has 3 atom stereocenters. The molecule has 0 aromatic heterocycles. The number of carbonyl (C=O) groups is 1. The van der Waals surface area contributed by atoms with Gasteiger partial charge in [0.25, 0.3) is 0 Å². The molecule has 0 aromatic rings. The van der Waals surface area contributed by atoms with E-state index in [1.165, 1.54) is 141 Å². The maximum Gasteiger partial charge on any atom is 0.472 e. The second-order valence-corrected chi connectivity index (χ2v) is 17.9. The van der Waals surface area contributed by atoms with Gasteiger partial charge < -0.3 is 19.8 Å². The summed E-state index contributed by atoms with van der Waals surface area (Å²) >= 11 is 0. The SMILES string of the molecule is CCCCCCCCC/C=C/CC/C=C/C(O)C(COP(=O)(O)OCC[N+](C)(C)C)NC(=O)CCCCCCCCCCCCCCCCCCCC. The van der Waals surface area contributed by atoms with E-state index in [1.54, 1.807) is 6.08 Å². The number of amides is 1. The number of nitrogens with one attached hydrogen (secondary N) is 1. The Balaban J connectivity index is 4.41. The molecule has 0 heterocycles. The van der Waals surface area contributed by atoms with E-state index in [-0.39, 0.29) is 19.1 Å². The Morgan fingerprint density at radius 2 is 1.04 bits per heavy atom. The number of likely N-dealkylation sites (N-methyl/N-ethyl adjacent to an activating group) is 1. The number of phosphoric acid groups is 1. The number of carbonyl (C=O) groups excluding carboxylic acids is 1. The van der Waals surface area contributed by atoms with E-state index in [2.05, 4.69) is 31.3 Å². The molecule has 8 nitrogen and oxygen atoms in total. The minimum Gasteiger partial charge on any atom is -0.387 e. The normalized spacial score (nSPS) is 14.6. The zero-order valence-electron chi connectivity index (χ0n) is 35.5. The lowest BCUT2D eigenvalue weighted by Gasteiger charge is -2.25. The zero-order chi connectivity index (χ0) is 39.3. The standard InChI is InChI=1S/C44H87N2O6P/c1-6-8-10-12-14-16-18-20-21-22-23-24-26-28-30-32-34-36-38-44(48)45-42(41-52-53(49,50)51-40-39-46(3,4)5)43(47)37-35-33-31-29-27-25-19-17-15-13-11-9-7-2/h27,29,35,37,42-43,47H,6-26,28,30-34,36,38-41H2,1-5H3,(H-,45,48,49,50)/p+1/b29-27+,37-35+. The number of aliphatic hydroxyl groups excluding tert-OH is 1. The summed E-state index contributed by atoms with van der Waals surface area (Å²) in [4.78, 5) is 23.1. The molecule has 0 saturated heterocycles. The molecule has 0 aromatic carbocycles. The highest BCUT2D eigenvalue weighted by molar-refractivity contribution is 7.47. The predicted molar refractivity (Wildman–Crippen MR) is 226 cm³/mol. The number of unbranched alkanes of at least 4 members (excludes halogenated alkanes) is 25. The van der Waals surface area contributed by atoms with Crippen LogP contribution in [0.4, 0.5) is 0 Å². The highest BCUT2D eigenvalue weighted by atomic mass is 31.2. The average molecular weight is 772 g/mol. The minimum atomic E-state index is -4.34. The molecule has 0 bridgehead atoms. The number of quaternary nitrogens is 1. The molecule has 0 radical (unpaired) electrons. The number of aliphatic hydroxyl groups is 1. The van der Waals surface area contributed by atoms with Crippen LogP contribution in [0.5, 0.6) is 0 Å². The van der Waals surface area contributed by atoms with Gasteiger partial charge in [0.2, 0.25) is 5.91 Å². The molecule has 1 amide bonds. The largest absolute Gasteiger partial charge is 0.472 e. The highest BCUT2D eigenvalue weighted by Crippen LogP contribution is 2.43. The number of hydrogen-bond acceptors (Lipinski definition) is 5. The average Bonchev–Trinajstić information content (AvgIpc) is 3.10. The number of hydrogen-bond donors (Lipinski definition) is 3. The second kappa shape index (κ2) is 36.6. The van der Waals surface area contributed by atoms with Crippen LogP contribution in [-0.2, 0) is 18.4 Å². The topological polar surface area (TPSA) is 105 Å². The Morgan fingerprint density at radius 3 is 1.51 bits per heavy atom. The van der Waals surface area contributed by atoms with Crippen LogP contribution < -0.4 is 5.32 Å². The van der Waals surface area contributed by atoms with Crippen molar-refractivity contribution >= 4 is 13.7 Å². The summed E-state index contributed by atoms with van der Waals surface area (Å²) in [5, 5.41) is 13.8. The monoisotopic (exact) mass is 772 g/mol. The van der Waals surface area contributed by atoms with E-state index < -0.39 is 20.0 Å². The number of rotatable bonds is 40. The molecular formula is C44H88N2O6P+. The molecule has 0 fully saturated rings. The molecule has 0 aliphatic carbocycles. The Kier molecular flexibility index (Phi) is 35.9. The Morgan fingerprint density at radius 1 is 0.623 bits per heavy atom. The van der Waals surface area contributed by atoms with Crippen molar-refractivity contribution in [3.63, 3.8) is 0 Å². The van der Waals surface area contributed by atoms with Crippen molar-refractivity contribution in [2.75, 3.05) is 40.9 Å². The van der Waals surface area contributed by atoms with Crippen LogP contribution in [0.15, 0.2) is 24.3 Å². The Labute approximate surface area is 328 Å². The van der Waals surface area contributed by atoms with Crippen LogP contribution >= 0.6 is 7.82 Å². The molecule has 0 aliphatic heterocycles. The maximum absolute atomic E-state index is 12.8. The van der Waals surface area contributed by atoms with Gasteiger partial charge in [-0.25, -0.2) is 4.57 Å². The van der Waals surface area contributed by atoms with Crippen LogP contribution in [-0.4, -0.2) is 73.4 Å². The molecule has 314 valence electrons. The molecule has 9 heteroatoms. The second-order valence-electron chi connectivity index (χ2n) is 16.4. The molecule has 3 N–H and O–H groups in total. The molecule has 0 spiro atoms. The first-order chi connectivity index (χ1) is 25.5. The fraction of sp³-hybridized carbons (Fsp3) is 0.886. The van der Waals surface area contributed by atoms with Crippen molar-refractivity contribution in [3.05, 3.63) is 24.3 Å². The van der Waals surface area contributed by atoms with Gasteiger partial charge >= 0.3 is 7.82 Å². The summed E-state index contributed by atoms with van der Waals surface area (Å²) in [6.07, 6.45) is 42.5. The van der Waals surface area contributed by atoms with Gasteiger partial charge in [0.1, 0.15) is 13.2 Å². The summed E-state index contributed by atoms with van der Waals surface area (Å²) in [5.41, 5.74) is 0. The summed E-state index contributed by atoms with van der Waals surface area (Å²) in [5.74, 6) is -0.186. The van der Waals surface area contributed by atoms with Crippen LogP contribution in [0.25, 0.3) is 0 Å². The molecule has 0 rings (SSSR count). The van der Waals surface area contributed by atoms with Gasteiger partial charge in [-0.2, -0.15) is 0 Å². The molecule has 3 unspecified atom stereocenters. The van der Waals surface area contributed by atoms with Crippen molar-refractivity contribution in [2.24, 2.45) is 0 Å². The zero-order valence-corrected chi connectivity index (χ0v) is 36.4. The summed E-state index contributed by atoms with van der Waals surface area (Å²) in [6.45, 7) is 4.79. The van der Waals surface area contributed by atoms with Gasteiger partial charge in [0, 0.05) is 6.42 Å². The van der Waals surface area contributed by atoms with Gasteiger partial charge in [-0.1, -0.05) is 186 Å². The summed E-state index contributed by atoms with van der Waals surface area (Å²) in [6, 6.07) is -0.857. The lowest BCUT2D eigenvalue weighted by atomic mass is 10.0. The minimum absolute atomic E-state index is 0.0581. The quantitative estimate of drug-likeness (QED) is 0.0248. The van der Waals surface area contributed by atoms with Crippen molar-refractivity contribution in [2.45, 2.75) is 212 Å². The van der Waals surface area contributed by atoms with Crippen LogP contribution in [0.1, 0.15) is 200 Å². The van der Waals surface area contributed by atoms with Crippen LogP contribution in [0, 0.1) is 0 Å². The summed E-state index contributed by atoms with van der Waals surface area (Å²) in [7, 11) is 1.56. The van der Waals surface area contributed by atoms with E-state index in [0.29, 0.717) is 17.4 Å². The highest BCUT2D eigenvalue weighted by Gasteiger charge is 2.27. The van der Waals surface area contributed by atoms with E-state index in [4.69, 9.17) is 9.05 Å². The first-order valence-corrected chi connectivity index (χ1v) is 23.7. The van der Waals surface area contributed by atoms with Crippen molar-refractivity contribution in [1.29, 1.82) is 0 Å². The molecule has 0 saturated carbocycles.